The van der Waals surface area contributed by atoms with E-state index in [-0.39, 0.29) is 0 Å². The van der Waals surface area contributed by atoms with Crippen molar-refractivity contribution in [3.05, 3.63) is 96.1 Å². The molecule has 0 unspecified atom stereocenters. The average molecular weight is 394 g/mol. The monoisotopic (exact) mass is 393 g/mol. The molecule has 30 heavy (non-hydrogen) atoms. The van der Waals surface area contributed by atoms with Crippen LogP contribution < -0.4 is 4.74 Å². The van der Waals surface area contributed by atoms with Gasteiger partial charge in [-0.15, -0.1) is 0 Å². The van der Waals surface area contributed by atoms with E-state index in [2.05, 4.69) is 79.7 Å². The minimum absolute atomic E-state index is 0.528. The molecule has 1 heterocycles. The minimum Gasteiger partial charge on any atom is -0.489 e. The third kappa shape index (κ3) is 3.82. The Morgan fingerprint density at radius 2 is 1.63 bits per heavy atom. The van der Waals surface area contributed by atoms with E-state index in [0.29, 0.717) is 12.5 Å². The maximum Gasteiger partial charge on any atom is 0.119 e. The molecule has 1 aliphatic carbocycles. The van der Waals surface area contributed by atoms with Crippen molar-refractivity contribution in [2.75, 3.05) is 0 Å². The van der Waals surface area contributed by atoms with E-state index in [4.69, 9.17) is 9.72 Å². The molecule has 0 amide bonds. The molecule has 1 saturated carbocycles. The summed E-state index contributed by atoms with van der Waals surface area (Å²) in [5, 5.41) is 1.15. The van der Waals surface area contributed by atoms with E-state index in [9.17, 15) is 0 Å². The van der Waals surface area contributed by atoms with Crippen LogP contribution in [0, 0.1) is 5.92 Å². The van der Waals surface area contributed by atoms with Gasteiger partial charge in [0.2, 0.25) is 0 Å². The molecule has 0 saturated heterocycles. The summed E-state index contributed by atoms with van der Waals surface area (Å²) in [5.41, 5.74) is 5.69. The SMILES string of the molecule is C[C@H](c1ccc(OCc2cc(-c3ccccc3)nc3ccccc23)cc1)C1CCC1. The average Bonchev–Trinajstić information content (AvgIpc) is 2.77. The summed E-state index contributed by atoms with van der Waals surface area (Å²) in [5.74, 6) is 2.42. The van der Waals surface area contributed by atoms with Gasteiger partial charge in [-0.1, -0.05) is 74.0 Å². The van der Waals surface area contributed by atoms with E-state index in [1.165, 1.54) is 24.8 Å². The zero-order valence-corrected chi connectivity index (χ0v) is 17.4. The van der Waals surface area contributed by atoms with Gasteiger partial charge < -0.3 is 4.74 Å². The van der Waals surface area contributed by atoms with Crippen LogP contribution in [0.4, 0.5) is 0 Å². The van der Waals surface area contributed by atoms with Crippen LogP contribution >= 0.6 is 0 Å². The molecule has 0 bridgehead atoms. The Hall–Kier alpha value is -3.13. The molecule has 0 spiro atoms. The van der Waals surface area contributed by atoms with Crippen molar-refractivity contribution < 1.29 is 4.74 Å². The van der Waals surface area contributed by atoms with Gasteiger partial charge >= 0.3 is 0 Å². The number of ether oxygens (including phenoxy) is 1. The molecule has 1 aromatic heterocycles. The van der Waals surface area contributed by atoms with Gasteiger partial charge in [-0.25, -0.2) is 4.98 Å². The number of aromatic nitrogens is 1. The number of benzene rings is 3. The van der Waals surface area contributed by atoms with E-state index in [1.807, 2.05) is 12.1 Å². The van der Waals surface area contributed by atoms with Crippen LogP contribution in [0.3, 0.4) is 0 Å². The Bertz CT molecular complexity index is 1130. The fourth-order valence-corrected chi connectivity index (χ4v) is 4.36. The molecule has 150 valence electrons. The van der Waals surface area contributed by atoms with Crippen molar-refractivity contribution in [3.63, 3.8) is 0 Å². The van der Waals surface area contributed by atoms with E-state index in [1.54, 1.807) is 0 Å². The Morgan fingerprint density at radius 3 is 2.37 bits per heavy atom. The molecule has 4 aromatic rings. The number of fused-ring (bicyclic) bond motifs is 1. The lowest BCUT2D eigenvalue weighted by atomic mass is 9.74. The largest absolute Gasteiger partial charge is 0.489 e. The van der Waals surface area contributed by atoms with E-state index in [0.717, 1.165) is 39.4 Å². The minimum atomic E-state index is 0.528. The van der Waals surface area contributed by atoms with Crippen LogP contribution in [0.15, 0.2) is 84.9 Å². The first kappa shape index (κ1) is 18.9. The number of nitrogens with zero attached hydrogens (tertiary/aromatic N) is 1. The zero-order valence-electron chi connectivity index (χ0n) is 17.4. The highest BCUT2D eigenvalue weighted by Gasteiger charge is 2.24. The van der Waals surface area contributed by atoms with E-state index < -0.39 is 0 Å². The molecule has 3 aromatic carbocycles. The number of hydrogen-bond acceptors (Lipinski definition) is 2. The maximum atomic E-state index is 6.20. The lowest BCUT2D eigenvalue weighted by Crippen LogP contribution is -2.17. The fourth-order valence-electron chi connectivity index (χ4n) is 4.36. The number of para-hydroxylation sites is 1. The smallest absolute Gasteiger partial charge is 0.119 e. The highest BCUT2D eigenvalue weighted by Crippen LogP contribution is 2.39. The predicted molar refractivity (Wildman–Crippen MR) is 124 cm³/mol. The quantitative estimate of drug-likeness (QED) is 0.341. The molecule has 2 nitrogen and oxygen atoms in total. The van der Waals surface area contributed by atoms with Gasteiger partial charge in [0.1, 0.15) is 12.4 Å². The van der Waals surface area contributed by atoms with Gasteiger partial charge in [-0.3, -0.25) is 0 Å². The third-order valence-corrected chi connectivity index (χ3v) is 6.53. The van der Waals surface area contributed by atoms with Crippen molar-refractivity contribution in [1.29, 1.82) is 0 Å². The fraction of sp³-hybridized carbons (Fsp3) is 0.250. The van der Waals surface area contributed by atoms with Crippen LogP contribution in [0.1, 0.15) is 43.2 Å². The van der Waals surface area contributed by atoms with Gasteiger partial charge in [-0.2, -0.15) is 0 Å². The normalized spacial score (nSPS) is 15.0. The molecule has 0 N–H and O–H groups in total. The molecule has 1 fully saturated rings. The van der Waals surface area contributed by atoms with Gasteiger partial charge in [0.05, 0.1) is 11.2 Å². The Labute approximate surface area is 178 Å². The predicted octanol–water partition coefficient (Wildman–Crippen LogP) is 7.38. The first-order valence-electron chi connectivity index (χ1n) is 10.9. The Balaban J connectivity index is 1.38. The second kappa shape index (κ2) is 8.31. The summed E-state index contributed by atoms with van der Waals surface area (Å²) in [4.78, 5) is 4.87. The zero-order chi connectivity index (χ0) is 20.3. The first-order valence-corrected chi connectivity index (χ1v) is 10.9. The molecule has 0 aliphatic heterocycles. The van der Waals surface area contributed by atoms with Gasteiger partial charge in [0, 0.05) is 16.5 Å². The second-order valence-corrected chi connectivity index (χ2v) is 8.39. The Kier molecular flexibility index (Phi) is 5.23. The summed E-state index contributed by atoms with van der Waals surface area (Å²) in [6.45, 7) is 2.88. The van der Waals surface area contributed by atoms with Crippen molar-refractivity contribution in [2.45, 2.75) is 38.7 Å². The summed E-state index contributed by atoms with van der Waals surface area (Å²) in [7, 11) is 0. The van der Waals surface area contributed by atoms with Crippen molar-refractivity contribution in [3.8, 4) is 17.0 Å². The number of pyridine rings is 1. The molecular weight excluding hydrogens is 366 g/mol. The molecule has 0 radical (unpaired) electrons. The standard InChI is InChI=1S/C28H27NO/c1-20(21-10-7-11-21)22-14-16-25(17-15-22)30-19-24-18-28(23-8-3-2-4-9-23)29-27-13-6-5-12-26(24)27/h2-6,8-9,12-18,20-21H,7,10-11,19H2,1H3/t20-/m0/s1. The topological polar surface area (TPSA) is 22.1 Å². The summed E-state index contributed by atoms with van der Waals surface area (Å²) in [6, 6.07) is 29.5. The van der Waals surface area contributed by atoms with Crippen LogP contribution in [0.2, 0.25) is 0 Å². The summed E-state index contributed by atoms with van der Waals surface area (Å²) < 4.78 is 6.20. The molecule has 1 aliphatic rings. The molecule has 1 atom stereocenters. The Morgan fingerprint density at radius 1 is 0.900 bits per heavy atom. The van der Waals surface area contributed by atoms with Crippen LogP contribution in [-0.4, -0.2) is 4.98 Å². The van der Waals surface area contributed by atoms with E-state index >= 15 is 0 Å². The highest BCUT2D eigenvalue weighted by molar-refractivity contribution is 5.85. The maximum absolute atomic E-state index is 6.20. The van der Waals surface area contributed by atoms with Gasteiger partial charge in [0.15, 0.2) is 0 Å². The van der Waals surface area contributed by atoms with Gasteiger partial charge in [0.25, 0.3) is 0 Å². The second-order valence-electron chi connectivity index (χ2n) is 8.39. The number of rotatable bonds is 6. The highest BCUT2D eigenvalue weighted by atomic mass is 16.5. The molecule has 5 rings (SSSR count). The lowest BCUT2D eigenvalue weighted by Gasteiger charge is -2.31. The van der Waals surface area contributed by atoms with Gasteiger partial charge in [-0.05, 0) is 54.5 Å². The summed E-state index contributed by atoms with van der Waals surface area (Å²) >= 11 is 0. The third-order valence-electron chi connectivity index (χ3n) is 6.53. The van der Waals surface area contributed by atoms with Crippen LogP contribution in [0.25, 0.3) is 22.2 Å². The molecular formula is C28H27NO. The van der Waals surface area contributed by atoms with Crippen LogP contribution in [0.5, 0.6) is 5.75 Å². The van der Waals surface area contributed by atoms with Crippen molar-refractivity contribution in [1.82, 2.24) is 4.98 Å². The van der Waals surface area contributed by atoms with Crippen molar-refractivity contribution >= 4 is 10.9 Å². The van der Waals surface area contributed by atoms with Crippen molar-refractivity contribution in [2.24, 2.45) is 5.92 Å². The van der Waals surface area contributed by atoms with Crippen LogP contribution in [-0.2, 0) is 6.61 Å². The lowest BCUT2D eigenvalue weighted by molar-refractivity contribution is 0.271. The number of hydrogen-bond donors (Lipinski definition) is 0. The molecule has 2 heteroatoms. The summed E-state index contributed by atoms with van der Waals surface area (Å²) in [6.07, 6.45) is 4.14. The first-order chi connectivity index (χ1) is 14.8.